The fraction of sp³-hybridized carbons (Fsp3) is 0.0833. The summed E-state index contributed by atoms with van der Waals surface area (Å²) in [6, 6.07) is 23.0. The van der Waals surface area contributed by atoms with Gasteiger partial charge in [0, 0.05) is 5.69 Å². The Hall–Kier alpha value is -4.06. The number of methoxy groups -OCH3 is 2. The molecule has 0 fully saturated rings. The number of carbonyl (C=O) groups is 2. The number of benzene rings is 3. The summed E-state index contributed by atoms with van der Waals surface area (Å²) in [6.45, 7) is 0. The Kier molecular flexibility index (Phi) is 6.84. The van der Waals surface area contributed by atoms with E-state index in [4.69, 9.17) is 9.47 Å². The van der Waals surface area contributed by atoms with Crippen LogP contribution in [0.15, 0.2) is 84.6 Å². The molecule has 0 heterocycles. The molecule has 3 aromatic carbocycles. The molecule has 0 saturated carbocycles. The van der Waals surface area contributed by atoms with Gasteiger partial charge in [0.25, 0.3) is 11.8 Å². The van der Waals surface area contributed by atoms with Crippen molar-refractivity contribution >= 4 is 23.6 Å². The maximum atomic E-state index is 12.9. The molecule has 2 amide bonds. The van der Waals surface area contributed by atoms with Crippen LogP contribution in [-0.2, 0) is 4.79 Å². The predicted octanol–water partition coefficient (Wildman–Crippen LogP) is 4.11. The minimum Gasteiger partial charge on any atom is -0.497 e. The third-order valence-corrected chi connectivity index (χ3v) is 4.30. The summed E-state index contributed by atoms with van der Waals surface area (Å²) >= 11 is 0. The van der Waals surface area contributed by atoms with Crippen LogP contribution in [0.25, 0.3) is 6.08 Å². The second kappa shape index (κ2) is 9.93. The summed E-state index contributed by atoms with van der Waals surface area (Å²) in [4.78, 5) is 25.8. The monoisotopic (exact) mass is 402 g/mol. The van der Waals surface area contributed by atoms with Crippen LogP contribution in [0.2, 0.25) is 0 Å². The van der Waals surface area contributed by atoms with Gasteiger partial charge in [-0.25, -0.2) is 0 Å². The molecule has 6 heteroatoms. The SMILES string of the molecule is COc1ccc(NC(=O)/C(=C\c2ccccc2)NC(=O)c2ccccc2OC)cc1. The zero-order chi connectivity index (χ0) is 21.3. The lowest BCUT2D eigenvalue weighted by Crippen LogP contribution is -2.31. The Bertz CT molecular complexity index is 1040. The van der Waals surface area contributed by atoms with Crippen molar-refractivity contribution in [3.05, 3.63) is 95.7 Å². The molecule has 152 valence electrons. The maximum absolute atomic E-state index is 12.9. The van der Waals surface area contributed by atoms with Crippen molar-refractivity contribution in [3.63, 3.8) is 0 Å². The van der Waals surface area contributed by atoms with Gasteiger partial charge in [0.1, 0.15) is 17.2 Å². The predicted molar refractivity (Wildman–Crippen MR) is 117 cm³/mol. The number of hydrogen-bond acceptors (Lipinski definition) is 4. The molecule has 0 aromatic heterocycles. The highest BCUT2D eigenvalue weighted by atomic mass is 16.5. The molecule has 0 unspecified atom stereocenters. The van der Waals surface area contributed by atoms with Gasteiger partial charge in [0.05, 0.1) is 19.8 Å². The summed E-state index contributed by atoms with van der Waals surface area (Å²) in [6.07, 6.45) is 1.62. The number of carbonyl (C=O) groups excluding carboxylic acids is 2. The van der Waals surface area contributed by atoms with E-state index in [1.165, 1.54) is 7.11 Å². The normalized spacial score (nSPS) is 10.8. The van der Waals surface area contributed by atoms with Crippen LogP contribution in [0.1, 0.15) is 15.9 Å². The van der Waals surface area contributed by atoms with E-state index in [1.807, 2.05) is 30.3 Å². The number of anilines is 1. The van der Waals surface area contributed by atoms with E-state index in [1.54, 1.807) is 61.7 Å². The number of nitrogens with one attached hydrogen (secondary N) is 2. The Labute approximate surface area is 175 Å². The molecule has 0 radical (unpaired) electrons. The number of amides is 2. The number of rotatable bonds is 7. The maximum Gasteiger partial charge on any atom is 0.272 e. The first kappa shape index (κ1) is 20.7. The Balaban J connectivity index is 1.87. The highest BCUT2D eigenvalue weighted by molar-refractivity contribution is 6.11. The highest BCUT2D eigenvalue weighted by Crippen LogP contribution is 2.19. The molecule has 3 rings (SSSR count). The summed E-state index contributed by atoms with van der Waals surface area (Å²) < 4.78 is 10.4. The molecule has 30 heavy (non-hydrogen) atoms. The Morgan fingerprint density at radius 2 is 1.47 bits per heavy atom. The van der Waals surface area contributed by atoms with Gasteiger partial charge >= 0.3 is 0 Å². The fourth-order valence-electron chi connectivity index (χ4n) is 2.77. The van der Waals surface area contributed by atoms with E-state index in [0.717, 1.165) is 5.56 Å². The Morgan fingerprint density at radius 1 is 0.800 bits per heavy atom. The van der Waals surface area contributed by atoms with Gasteiger partial charge < -0.3 is 20.1 Å². The van der Waals surface area contributed by atoms with Gasteiger partial charge in [-0.3, -0.25) is 9.59 Å². The number of hydrogen-bond donors (Lipinski definition) is 2. The second-order valence-electron chi connectivity index (χ2n) is 6.31. The zero-order valence-corrected chi connectivity index (χ0v) is 16.7. The van der Waals surface area contributed by atoms with Crippen LogP contribution in [0, 0.1) is 0 Å². The van der Waals surface area contributed by atoms with Crippen molar-refractivity contribution in [2.24, 2.45) is 0 Å². The lowest BCUT2D eigenvalue weighted by Gasteiger charge is -2.13. The van der Waals surface area contributed by atoms with Crippen LogP contribution in [-0.4, -0.2) is 26.0 Å². The second-order valence-corrected chi connectivity index (χ2v) is 6.31. The largest absolute Gasteiger partial charge is 0.497 e. The van der Waals surface area contributed by atoms with Crippen molar-refractivity contribution in [1.82, 2.24) is 5.32 Å². The van der Waals surface area contributed by atoms with Crippen molar-refractivity contribution in [3.8, 4) is 11.5 Å². The van der Waals surface area contributed by atoms with Crippen LogP contribution in [0.3, 0.4) is 0 Å². The minimum atomic E-state index is -0.452. The lowest BCUT2D eigenvalue weighted by molar-refractivity contribution is -0.113. The quantitative estimate of drug-likeness (QED) is 0.583. The van der Waals surface area contributed by atoms with Crippen LogP contribution >= 0.6 is 0 Å². The first-order valence-electron chi connectivity index (χ1n) is 9.27. The van der Waals surface area contributed by atoms with Crippen molar-refractivity contribution in [2.45, 2.75) is 0 Å². The van der Waals surface area contributed by atoms with E-state index in [9.17, 15) is 9.59 Å². The van der Waals surface area contributed by atoms with Gasteiger partial charge in [-0.1, -0.05) is 42.5 Å². The topological polar surface area (TPSA) is 76.7 Å². The first-order valence-corrected chi connectivity index (χ1v) is 9.27. The van der Waals surface area contributed by atoms with Crippen molar-refractivity contribution in [1.29, 1.82) is 0 Å². The zero-order valence-electron chi connectivity index (χ0n) is 16.7. The van der Waals surface area contributed by atoms with Gasteiger partial charge in [-0.15, -0.1) is 0 Å². The van der Waals surface area contributed by atoms with E-state index >= 15 is 0 Å². The minimum absolute atomic E-state index is 0.105. The number of ether oxygens (including phenoxy) is 2. The molecule has 0 saturated heterocycles. The third kappa shape index (κ3) is 5.26. The molecular formula is C24H22N2O4. The highest BCUT2D eigenvalue weighted by Gasteiger charge is 2.17. The molecule has 0 aliphatic rings. The van der Waals surface area contributed by atoms with E-state index < -0.39 is 11.8 Å². The molecule has 0 atom stereocenters. The molecule has 0 aliphatic carbocycles. The molecule has 0 spiro atoms. The smallest absolute Gasteiger partial charge is 0.272 e. The molecule has 6 nitrogen and oxygen atoms in total. The first-order chi connectivity index (χ1) is 14.6. The molecule has 0 bridgehead atoms. The van der Waals surface area contributed by atoms with Gasteiger partial charge in [0.15, 0.2) is 0 Å². The molecular weight excluding hydrogens is 380 g/mol. The molecule has 3 aromatic rings. The van der Waals surface area contributed by atoms with Crippen LogP contribution < -0.4 is 20.1 Å². The van der Waals surface area contributed by atoms with Crippen molar-refractivity contribution in [2.75, 3.05) is 19.5 Å². The summed E-state index contributed by atoms with van der Waals surface area (Å²) in [5.41, 5.74) is 1.79. The van der Waals surface area contributed by atoms with E-state index in [0.29, 0.717) is 22.7 Å². The lowest BCUT2D eigenvalue weighted by atomic mass is 10.1. The molecule has 0 aliphatic heterocycles. The third-order valence-electron chi connectivity index (χ3n) is 4.30. The average molecular weight is 402 g/mol. The van der Waals surface area contributed by atoms with Crippen LogP contribution in [0.4, 0.5) is 5.69 Å². The Morgan fingerprint density at radius 3 is 2.13 bits per heavy atom. The summed E-state index contributed by atoms with van der Waals surface area (Å²) in [5, 5.41) is 5.49. The van der Waals surface area contributed by atoms with Gasteiger partial charge in [-0.2, -0.15) is 0 Å². The standard InChI is InChI=1S/C24H22N2O4/c1-29-19-14-12-18(13-15-19)25-24(28)21(16-17-8-4-3-5-9-17)26-23(27)20-10-6-7-11-22(20)30-2/h3-16H,1-2H3,(H,25,28)(H,26,27)/b21-16+. The van der Waals surface area contributed by atoms with E-state index in [2.05, 4.69) is 10.6 Å². The van der Waals surface area contributed by atoms with Crippen molar-refractivity contribution < 1.29 is 19.1 Å². The average Bonchev–Trinajstić information content (AvgIpc) is 2.79. The van der Waals surface area contributed by atoms with Gasteiger partial charge in [-0.05, 0) is 48.0 Å². The van der Waals surface area contributed by atoms with Gasteiger partial charge in [0.2, 0.25) is 0 Å². The summed E-state index contributed by atoms with van der Waals surface area (Å²) in [7, 11) is 3.06. The summed E-state index contributed by atoms with van der Waals surface area (Å²) in [5.74, 6) is 0.203. The fourth-order valence-corrected chi connectivity index (χ4v) is 2.77. The molecule has 2 N–H and O–H groups in total. The van der Waals surface area contributed by atoms with Crippen LogP contribution in [0.5, 0.6) is 11.5 Å². The number of para-hydroxylation sites is 1. The van der Waals surface area contributed by atoms with E-state index in [-0.39, 0.29) is 5.70 Å².